The summed E-state index contributed by atoms with van der Waals surface area (Å²) in [6.45, 7) is 5.58. The van der Waals surface area contributed by atoms with E-state index < -0.39 is 5.60 Å². The van der Waals surface area contributed by atoms with Gasteiger partial charge in [0.05, 0.1) is 5.92 Å². The zero-order chi connectivity index (χ0) is 14.0. The highest BCUT2D eigenvalue weighted by molar-refractivity contribution is 5.96. The quantitative estimate of drug-likeness (QED) is 0.616. The Labute approximate surface area is 114 Å². The van der Waals surface area contributed by atoms with Crippen molar-refractivity contribution in [1.82, 2.24) is 0 Å². The molecule has 0 bridgehead atoms. The third-order valence-corrected chi connectivity index (χ3v) is 3.18. The highest BCUT2D eigenvalue weighted by Crippen LogP contribution is 2.43. The monoisotopic (exact) mass is 260 g/mol. The number of hydrogen-bond donors (Lipinski definition) is 0. The summed E-state index contributed by atoms with van der Waals surface area (Å²) in [6, 6.07) is 9.22. The van der Waals surface area contributed by atoms with E-state index in [1.807, 2.05) is 51.1 Å². The van der Waals surface area contributed by atoms with Crippen LogP contribution in [0.1, 0.15) is 44.0 Å². The number of ether oxygens (including phenoxy) is 1. The maximum atomic E-state index is 12.0. The lowest BCUT2D eigenvalue weighted by Crippen LogP contribution is -2.25. The minimum absolute atomic E-state index is 0.0908. The Morgan fingerprint density at radius 3 is 2.42 bits per heavy atom. The van der Waals surface area contributed by atoms with E-state index in [2.05, 4.69) is 0 Å². The first-order valence-corrected chi connectivity index (χ1v) is 6.68. The summed E-state index contributed by atoms with van der Waals surface area (Å²) in [7, 11) is 0. The van der Waals surface area contributed by atoms with Crippen LogP contribution < -0.4 is 0 Å². The number of rotatable bonds is 4. The maximum absolute atomic E-state index is 12.0. The normalized spacial score (nSPS) is 21.8. The van der Waals surface area contributed by atoms with Crippen molar-refractivity contribution < 1.29 is 14.3 Å². The van der Waals surface area contributed by atoms with Gasteiger partial charge in [0.25, 0.3) is 0 Å². The Kier molecular flexibility index (Phi) is 3.74. The molecule has 102 valence electrons. The van der Waals surface area contributed by atoms with Crippen LogP contribution in [0.2, 0.25) is 0 Å². The molecule has 0 aromatic heterocycles. The topological polar surface area (TPSA) is 43.4 Å². The van der Waals surface area contributed by atoms with Gasteiger partial charge < -0.3 is 4.74 Å². The lowest BCUT2D eigenvalue weighted by Gasteiger charge is -2.19. The van der Waals surface area contributed by atoms with Gasteiger partial charge in [-0.3, -0.25) is 9.59 Å². The molecule has 1 aromatic rings. The van der Waals surface area contributed by atoms with Crippen molar-refractivity contribution in [2.75, 3.05) is 0 Å². The molecule has 1 saturated carbocycles. The second kappa shape index (κ2) is 5.16. The molecule has 3 nitrogen and oxygen atoms in total. The first-order chi connectivity index (χ1) is 8.87. The Balaban J connectivity index is 1.84. The van der Waals surface area contributed by atoms with Crippen LogP contribution in [0.3, 0.4) is 0 Å². The van der Waals surface area contributed by atoms with Gasteiger partial charge in [-0.2, -0.15) is 0 Å². The molecule has 0 saturated heterocycles. The van der Waals surface area contributed by atoms with Gasteiger partial charge in [-0.05, 0) is 33.1 Å². The minimum atomic E-state index is -0.451. The van der Waals surface area contributed by atoms with E-state index in [1.165, 1.54) is 0 Å². The Morgan fingerprint density at radius 1 is 1.21 bits per heavy atom. The average Bonchev–Trinajstić information content (AvgIpc) is 3.07. The SMILES string of the molecule is CC(C)(C)OC(=O)[C@H]1C[C@@H]1CC(=O)c1ccccc1. The van der Waals surface area contributed by atoms with Gasteiger partial charge in [-0.15, -0.1) is 0 Å². The van der Waals surface area contributed by atoms with Crippen molar-refractivity contribution in [3.05, 3.63) is 35.9 Å². The van der Waals surface area contributed by atoms with Crippen LogP contribution in [0.4, 0.5) is 0 Å². The molecule has 0 radical (unpaired) electrons. The lowest BCUT2D eigenvalue weighted by atomic mass is 10.1. The summed E-state index contributed by atoms with van der Waals surface area (Å²) < 4.78 is 5.33. The van der Waals surface area contributed by atoms with Gasteiger partial charge >= 0.3 is 5.97 Å². The van der Waals surface area contributed by atoms with E-state index in [1.54, 1.807) is 0 Å². The fourth-order valence-corrected chi connectivity index (χ4v) is 2.12. The van der Waals surface area contributed by atoms with Gasteiger partial charge in [-0.25, -0.2) is 0 Å². The number of benzene rings is 1. The van der Waals surface area contributed by atoms with E-state index in [-0.39, 0.29) is 23.6 Å². The van der Waals surface area contributed by atoms with Crippen molar-refractivity contribution in [2.24, 2.45) is 11.8 Å². The second-order valence-electron chi connectivity index (χ2n) is 6.13. The van der Waals surface area contributed by atoms with Crippen molar-refractivity contribution in [3.63, 3.8) is 0 Å². The number of Topliss-reactive ketones (excluding diaryl/α,β-unsaturated/α-hetero) is 1. The highest BCUT2D eigenvalue weighted by Gasteiger charge is 2.46. The molecule has 0 unspecified atom stereocenters. The smallest absolute Gasteiger partial charge is 0.309 e. The summed E-state index contributed by atoms with van der Waals surface area (Å²) >= 11 is 0. The zero-order valence-corrected chi connectivity index (χ0v) is 11.7. The molecule has 1 aliphatic carbocycles. The molecule has 2 rings (SSSR count). The van der Waals surface area contributed by atoms with E-state index >= 15 is 0 Å². The Hall–Kier alpha value is -1.64. The van der Waals surface area contributed by atoms with E-state index in [0.29, 0.717) is 6.42 Å². The fraction of sp³-hybridized carbons (Fsp3) is 0.500. The molecule has 1 aromatic carbocycles. The molecule has 1 fully saturated rings. The van der Waals surface area contributed by atoms with Crippen LogP contribution in [0.25, 0.3) is 0 Å². The predicted octanol–water partition coefficient (Wildman–Crippen LogP) is 3.24. The third-order valence-electron chi connectivity index (χ3n) is 3.18. The number of esters is 1. The highest BCUT2D eigenvalue weighted by atomic mass is 16.6. The van der Waals surface area contributed by atoms with Crippen molar-refractivity contribution in [2.45, 2.75) is 39.2 Å². The molecule has 0 amide bonds. The second-order valence-corrected chi connectivity index (χ2v) is 6.13. The van der Waals surface area contributed by atoms with Crippen molar-refractivity contribution >= 4 is 11.8 Å². The number of hydrogen-bond acceptors (Lipinski definition) is 3. The van der Waals surface area contributed by atoms with Crippen LogP contribution in [-0.2, 0) is 9.53 Å². The third kappa shape index (κ3) is 3.91. The number of carbonyl (C=O) groups is 2. The predicted molar refractivity (Wildman–Crippen MR) is 72.8 cm³/mol. The van der Waals surface area contributed by atoms with Gasteiger partial charge in [0.1, 0.15) is 5.60 Å². The number of carbonyl (C=O) groups excluding carboxylic acids is 2. The van der Waals surface area contributed by atoms with Crippen molar-refractivity contribution in [1.29, 1.82) is 0 Å². The van der Waals surface area contributed by atoms with E-state index in [0.717, 1.165) is 12.0 Å². The molecule has 0 aliphatic heterocycles. The molecule has 0 N–H and O–H groups in total. The standard InChI is InChI=1S/C16H20O3/c1-16(2,3)19-15(18)13-9-12(13)10-14(17)11-7-5-4-6-8-11/h4-8,12-13H,9-10H2,1-3H3/t12-,13+/m1/s1. The molecule has 1 aliphatic rings. The fourth-order valence-electron chi connectivity index (χ4n) is 2.12. The summed E-state index contributed by atoms with van der Waals surface area (Å²) in [5.74, 6) is 0.00413. The molecule has 19 heavy (non-hydrogen) atoms. The summed E-state index contributed by atoms with van der Waals surface area (Å²) in [4.78, 5) is 23.8. The van der Waals surface area contributed by atoms with Crippen LogP contribution in [-0.4, -0.2) is 17.4 Å². The lowest BCUT2D eigenvalue weighted by molar-refractivity contribution is -0.156. The van der Waals surface area contributed by atoms with Gasteiger partial charge in [0.2, 0.25) is 0 Å². The van der Waals surface area contributed by atoms with Gasteiger partial charge in [0, 0.05) is 12.0 Å². The molecule has 2 atom stereocenters. The van der Waals surface area contributed by atoms with E-state index in [4.69, 9.17) is 4.74 Å². The number of ketones is 1. The average molecular weight is 260 g/mol. The zero-order valence-electron chi connectivity index (χ0n) is 11.7. The molecular formula is C16H20O3. The first kappa shape index (κ1) is 13.8. The largest absolute Gasteiger partial charge is 0.460 e. The van der Waals surface area contributed by atoms with Crippen LogP contribution in [0.5, 0.6) is 0 Å². The van der Waals surface area contributed by atoms with Crippen LogP contribution in [0, 0.1) is 11.8 Å². The molecule has 0 heterocycles. The van der Waals surface area contributed by atoms with Crippen molar-refractivity contribution in [3.8, 4) is 0 Å². The van der Waals surface area contributed by atoms with Crippen LogP contribution in [0.15, 0.2) is 30.3 Å². The maximum Gasteiger partial charge on any atom is 0.309 e. The molecule has 3 heteroatoms. The van der Waals surface area contributed by atoms with Gasteiger partial charge in [-0.1, -0.05) is 30.3 Å². The molecule has 0 spiro atoms. The molecular weight excluding hydrogens is 240 g/mol. The van der Waals surface area contributed by atoms with Gasteiger partial charge in [0.15, 0.2) is 5.78 Å². The summed E-state index contributed by atoms with van der Waals surface area (Å²) in [6.07, 6.45) is 1.21. The summed E-state index contributed by atoms with van der Waals surface area (Å²) in [5.41, 5.74) is 0.269. The minimum Gasteiger partial charge on any atom is -0.460 e. The van der Waals surface area contributed by atoms with E-state index in [9.17, 15) is 9.59 Å². The Morgan fingerprint density at radius 2 is 1.84 bits per heavy atom. The summed E-state index contributed by atoms with van der Waals surface area (Å²) in [5, 5.41) is 0. The Bertz CT molecular complexity index is 471. The van der Waals surface area contributed by atoms with Crippen LogP contribution >= 0.6 is 0 Å². The first-order valence-electron chi connectivity index (χ1n) is 6.68.